The molecule has 0 radical (unpaired) electrons. The number of benzene rings is 2. The quantitative estimate of drug-likeness (QED) is 0.437. The summed E-state index contributed by atoms with van der Waals surface area (Å²) in [5, 5.41) is 6.76. The second-order valence-corrected chi connectivity index (χ2v) is 8.58. The number of oxime groups is 1. The molecule has 1 atom stereocenters. The number of hydrogen-bond donors (Lipinski definition) is 1. The lowest BCUT2D eigenvalue weighted by Gasteiger charge is -2.31. The first-order chi connectivity index (χ1) is 15.5. The number of aryl methyl sites for hydroxylation is 1. The number of carbonyl (C=O) groups is 1. The van der Waals surface area contributed by atoms with Gasteiger partial charge in [-0.2, -0.15) is 13.2 Å². The first kappa shape index (κ1) is 25.1. The van der Waals surface area contributed by atoms with Gasteiger partial charge in [-0.1, -0.05) is 53.8 Å². The van der Waals surface area contributed by atoms with Crippen LogP contribution in [0.3, 0.4) is 0 Å². The Morgan fingerprint density at radius 2 is 1.85 bits per heavy atom. The fourth-order valence-corrected chi connectivity index (χ4v) is 4.33. The molecule has 176 valence electrons. The van der Waals surface area contributed by atoms with Gasteiger partial charge in [0.25, 0.3) is 11.5 Å². The molecule has 1 N–H and O–H groups in total. The number of nitrogens with one attached hydrogen (secondary N) is 1. The lowest BCUT2D eigenvalue weighted by molar-refractivity contribution is -0.261. The SMILES string of the molecule is CC=C1C(c2ccc(C(=O)NCCCC)c(C)c2)=NOC1(c1cc(Cl)cc(Cl)c1)C(F)(F)F. The van der Waals surface area contributed by atoms with E-state index in [2.05, 4.69) is 10.5 Å². The number of alkyl halides is 3. The summed E-state index contributed by atoms with van der Waals surface area (Å²) in [5.74, 6) is -0.235. The molecule has 1 unspecified atom stereocenters. The summed E-state index contributed by atoms with van der Waals surface area (Å²) in [6.07, 6.45) is -1.74. The molecule has 1 heterocycles. The number of carbonyl (C=O) groups excluding carboxylic acids is 1. The number of allylic oxidation sites excluding steroid dienone is 1. The fraction of sp³-hybridized carbons (Fsp3) is 0.333. The second-order valence-electron chi connectivity index (χ2n) is 7.71. The van der Waals surface area contributed by atoms with Crippen LogP contribution < -0.4 is 5.32 Å². The third-order valence-electron chi connectivity index (χ3n) is 5.43. The highest BCUT2D eigenvalue weighted by Gasteiger charge is 2.65. The summed E-state index contributed by atoms with van der Waals surface area (Å²) < 4.78 is 43.5. The average Bonchev–Trinajstić information content (AvgIpc) is 3.14. The third-order valence-corrected chi connectivity index (χ3v) is 5.86. The number of rotatable bonds is 6. The van der Waals surface area contributed by atoms with Crippen LogP contribution in [0.1, 0.15) is 53.7 Å². The Morgan fingerprint density at radius 1 is 1.18 bits per heavy atom. The predicted octanol–water partition coefficient (Wildman–Crippen LogP) is 6.97. The molecule has 0 aliphatic carbocycles. The predicted molar refractivity (Wildman–Crippen MR) is 124 cm³/mol. The number of nitrogens with zero attached hydrogens (tertiary/aromatic N) is 1. The molecule has 0 saturated heterocycles. The van der Waals surface area contributed by atoms with Crippen molar-refractivity contribution in [2.24, 2.45) is 5.16 Å². The minimum absolute atomic E-state index is 0.0203. The Hall–Kier alpha value is -2.51. The zero-order valence-corrected chi connectivity index (χ0v) is 19.8. The summed E-state index contributed by atoms with van der Waals surface area (Å²) >= 11 is 12.0. The van der Waals surface area contributed by atoms with Gasteiger partial charge in [0.1, 0.15) is 5.71 Å². The van der Waals surface area contributed by atoms with Crippen LogP contribution in [0.5, 0.6) is 0 Å². The molecule has 0 spiro atoms. The van der Waals surface area contributed by atoms with Gasteiger partial charge in [-0.3, -0.25) is 4.79 Å². The van der Waals surface area contributed by atoms with Crippen molar-refractivity contribution in [2.45, 2.75) is 45.4 Å². The summed E-state index contributed by atoms with van der Waals surface area (Å²) in [5.41, 5.74) is -1.86. The van der Waals surface area contributed by atoms with Crippen LogP contribution in [0.15, 0.2) is 53.2 Å². The highest BCUT2D eigenvalue weighted by molar-refractivity contribution is 6.34. The number of amides is 1. The van der Waals surface area contributed by atoms with E-state index in [0.29, 0.717) is 23.2 Å². The lowest BCUT2D eigenvalue weighted by atomic mass is 9.81. The molecule has 1 aliphatic rings. The van der Waals surface area contributed by atoms with E-state index in [4.69, 9.17) is 28.0 Å². The van der Waals surface area contributed by atoms with E-state index in [1.54, 1.807) is 25.1 Å². The summed E-state index contributed by atoms with van der Waals surface area (Å²) in [7, 11) is 0. The molecule has 1 amide bonds. The average molecular weight is 499 g/mol. The van der Waals surface area contributed by atoms with Gasteiger partial charge in [0.15, 0.2) is 0 Å². The van der Waals surface area contributed by atoms with Gasteiger partial charge in [-0.05, 0) is 56.2 Å². The van der Waals surface area contributed by atoms with Gasteiger partial charge in [-0.25, -0.2) is 0 Å². The highest BCUT2D eigenvalue weighted by atomic mass is 35.5. The Bertz CT molecular complexity index is 1110. The zero-order valence-electron chi connectivity index (χ0n) is 18.3. The van der Waals surface area contributed by atoms with Crippen LogP contribution in [0, 0.1) is 6.92 Å². The topological polar surface area (TPSA) is 50.7 Å². The maximum atomic E-state index is 14.5. The van der Waals surface area contributed by atoms with Gasteiger partial charge in [-0.15, -0.1) is 0 Å². The van der Waals surface area contributed by atoms with E-state index in [1.807, 2.05) is 6.92 Å². The van der Waals surface area contributed by atoms with Crippen molar-refractivity contribution < 1.29 is 22.8 Å². The van der Waals surface area contributed by atoms with Crippen molar-refractivity contribution in [3.05, 3.63) is 80.3 Å². The third kappa shape index (κ3) is 4.75. The van der Waals surface area contributed by atoms with Crippen LogP contribution >= 0.6 is 23.2 Å². The first-order valence-corrected chi connectivity index (χ1v) is 11.2. The molecule has 9 heteroatoms. The Labute approximate surface area is 200 Å². The zero-order chi connectivity index (χ0) is 24.4. The Morgan fingerprint density at radius 3 is 2.39 bits per heavy atom. The standard InChI is InChI=1S/C24H23Cl2F3N2O2/c1-4-6-9-30-22(32)19-8-7-15(10-14(19)3)21-20(5-2)23(33-31-21,24(27,28)29)16-11-17(25)13-18(26)12-16/h5,7-8,10-13H,4,6,9H2,1-3H3,(H,30,32). The molecule has 0 aromatic heterocycles. The van der Waals surface area contributed by atoms with Gasteiger partial charge < -0.3 is 10.2 Å². The first-order valence-electron chi connectivity index (χ1n) is 10.4. The Kier molecular flexibility index (Phi) is 7.44. The lowest BCUT2D eigenvalue weighted by Crippen LogP contribution is -2.44. The molecule has 2 aromatic rings. The van der Waals surface area contributed by atoms with E-state index in [1.165, 1.54) is 19.1 Å². The van der Waals surface area contributed by atoms with E-state index < -0.39 is 11.8 Å². The van der Waals surface area contributed by atoms with Gasteiger partial charge in [0, 0.05) is 38.9 Å². The van der Waals surface area contributed by atoms with Crippen LogP contribution in [-0.2, 0) is 10.4 Å². The Balaban J connectivity index is 2.03. The minimum atomic E-state index is -4.86. The molecule has 33 heavy (non-hydrogen) atoms. The van der Waals surface area contributed by atoms with Gasteiger partial charge in [0.05, 0.1) is 0 Å². The highest BCUT2D eigenvalue weighted by Crippen LogP contribution is 2.52. The van der Waals surface area contributed by atoms with Crippen molar-refractivity contribution in [1.29, 1.82) is 0 Å². The number of unbranched alkanes of at least 4 members (excludes halogenated alkanes) is 1. The van der Waals surface area contributed by atoms with Crippen molar-refractivity contribution >= 4 is 34.8 Å². The number of hydrogen-bond acceptors (Lipinski definition) is 3. The van der Waals surface area contributed by atoms with E-state index in [-0.39, 0.29) is 32.8 Å². The normalized spacial score (nSPS) is 19.4. The molecule has 0 saturated carbocycles. The minimum Gasteiger partial charge on any atom is -0.369 e. The van der Waals surface area contributed by atoms with Crippen LogP contribution in [0.4, 0.5) is 13.2 Å². The van der Waals surface area contributed by atoms with Gasteiger partial charge >= 0.3 is 6.18 Å². The maximum absolute atomic E-state index is 14.5. The monoisotopic (exact) mass is 498 g/mol. The van der Waals surface area contributed by atoms with Crippen LogP contribution in [0.25, 0.3) is 0 Å². The second kappa shape index (κ2) is 9.77. The smallest absolute Gasteiger partial charge is 0.369 e. The molecule has 2 aromatic carbocycles. The largest absolute Gasteiger partial charge is 0.440 e. The van der Waals surface area contributed by atoms with Crippen molar-refractivity contribution in [1.82, 2.24) is 5.32 Å². The summed E-state index contributed by atoms with van der Waals surface area (Å²) in [4.78, 5) is 17.6. The van der Waals surface area contributed by atoms with Crippen molar-refractivity contribution in [3.8, 4) is 0 Å². The number of halogens is 5. The fourth-order valence-electron chi connectivity index (χ4n) is 3.80. The molecule has 3 rings (SSSR count). The van der Waals surface area contributed by atoms with Crippen LogP contribution in [-0.4, -0.2) is 24.3 Å². The molecule has 1 aliphatic heterocycles. The van der Waals surface area contributed by atoms with Crippen LogP contribution in [0.2, 0.25) is 10.0 Å². The van der Waals surface area contributed by atoms with Crippen molar-refractivity contribution in [2.75, 3.05) is 6.54 Å². The summed E-state index contributed by atoms with van der Waals surface area (Å²) in [6, 6.07) is 8.43. The molecule has 0 bridgehead atoms. The van der Waals surface area contributed by atoms with Crippen molar-refractivity contribution in [3.63, 3.8) is 0 Å². The van der Waals surface area contributed by atoms with E-state index in [9.17, 15) is 18.0 Å². The summed E-state index contributed by atoms with van der Waals surface area (Å²) in [6.45, 7) is 5.77. The molecular formula is C24H23Cl2F3N2O2. The van der Waals surface area contributed by atoms with E-state index in [0.717, 1.165) is 25.0 Å². The molecule has 4 nitrogen and oxygen atoms in total. The molecule has 0 fully saturated rings. The van der Waals surface area contributed by atoms with E-state index >= 15 is 0 Å². The maximum Gasteiger partial charge on any atom is 0.440 e. The van der Waals surface area contributed by atoms with Gasteiger partial charge in [0.2, 0.25) is 0 Å². The molecular weight excluding hydrogens is 476 g/mol.